The zero-order valence-corrected chi connectivity index (χ0v) is 10.5. The third-order valence-electron chi connectivity index (χ3n) is 2.69. The van der Waals surface area contributed by atoms with Gasteiger partial charge in [0.2, 0.25) is 0 Å². The van der Waals surface area contributed by atoms with Crippen LogP contribution in [0.15, 0.2) is 36.7 Å². The number of halogens is 1. The first-order valence-corrected chi connectivity index (χ1v) is 5.98. The molecule has 0 bridgehead atoms. The van der Waals surface area contributed by atoms with Gasteiger partial charge in [0.15, 0.2) is 0 Å². The molecule has 0 aliphatic heterocycles. The van der Waals surface area contributed by atoms with Crippen LogP contribution in [0.2, 0.25) is 0 Å². The molecule has 1 heterocycles. The van der Waals surface area contributed by atoms with Crippen LogP contribution in [0.3, 0.4) is 0 Å². The first-order valence-electron chi connectivity index (χ1n) is 5.98. The Labute approximate surface area is 106 Å². The number of hydrogen-bond acceptors (Lipinski definition) is 3. The molecule has 1 aromatic heterocycles. The van der Waals surface area contributed by atoms with Crippen molar-refractivity contribution in [3.05, 3.63) is 59.4 Å². The Morgan fingerprint density at radius 3 is 2.72 bits per heavy atom. The van der Waals surface area contributed by atoms with Crippen LogP contribution in [-0.4, -0.2) is 16.5 Å². The SMILES string of the molecule is CCNC(c1cccc(F)c1)c1cnc(C)cn1. The first-order chi connectivity index (χ1) is 8.70. The Morgan fingerprint density at radius 1 is 1.28 bits per heavy atom. The second-order valence-corrected chi connectivity index (χ2v) is 4.13. The predicted molar refractivity (Wildman–Crippen MR) is 68.7 cm³/mol. The summed E-state index contributed by atoms with van der Waals surface area (Å²) >= 11 is 0. The van der Waals surface area contributed by atoms with Crippen LogP contribution in [0, 0.1) is 12.7 Å². The maximum absolute atomic E-state index is 13.3. The summed E-state index contributed by atoms with van der Waals surface area (Å²) in [5, 5.41) is 3.29. The lowest BCUT2D eigenvalue weighted by molar-refractivity contribution is 0.593. The van der Waals surface area contributed by atoms with Crippen LogP contribution in [0.5, 0.6) is 0 Å². The van der Waals surface area contributed by atoms with Crippen molar-refractivity contribution in [1.82, 2.24) is 15.3 Å². The predicted octanol–water partition coefficient (Wildman–Crippen LogP) is 2.62. The molecule has 0 radical (unpaired) electrons. The smallest absolute Gasteiger partial charge is 0.123 e. The van der Waals surface area contributed by atoms with E-state index in [0.717, 1.165) is 23.5 Å². The number of benzene rings is 1. The van der Waals surface area contributed by atoms with E-state index in [1.54, 1.807) is 18.5 Å². The summed E-state index contributed by atoms with van der Waals surface area (Å²) < 4.78 is 13.3. The van der Waals surface area contributed by atoms with Gasteiger partial charge in [-0.05, 0) is 31.2 Å². The third-order valence-corrected chi connectivity index (χ3v) is 2.69. The Bertz CT molecular complexity index is 511. The average Bonchev–Trinajstić information content (AvgIpc) is 2.37. The van der Waals surface area contributed by atoms with Crippen molar-refractivity contribution in [3.63, 3.8) is 0 Å². The Morgan fingerprint density at radius 2 is 2.11 bits per heavy atom. The number of hydrogen-bond donors (Lipinski definition) is 1. The topological polar surface area (TPSA) is 37.8 Å². The van der Waals surface area contributed by atoms with E-state index in [9.17, 15) is 4.39 Å². The molecule has 3 nitrogen and oxygen atoms in total. The first kappa shape index (κ1) is 12.6. The zero-order chi connectivity index (χ0) is 13.0. The number of aryl methyl sites for hydroxylation is 1. The van der Waals surface area contributed by atoms with Crippen molar-refractivity contribution in [3.8, 4) is 0 Å². The second kappa shape index (κ2) is 5.69. The van der Waals surface area contributed by atoms with Crippen molar-refractivity contribution in [2.24, 2.45) is 0 Å². The standard InChI is InChI=1S/C14H16FN3/c1-3-16-14(11-5-4-6-12(15)7-11)13-9-17-10(2)8-18-13/h4-9,14,16H,3H2,1-2H3. The number of nitrogens with one attached hydrogen (secondary N) is 1. The van der Waals surface area contributed by atoms with E-state index in [0.29, 0.717) is 0 Å². The van der Waals surface area contributed by atoms with E-state index >= 15 is 0 Å². The summed E-state index contributed by atoms with van der Waals surface area (Å²) in [5.74, 6) is -0.240. The number of nitrogens with zero attached hydrogens (tertiary/aromatic N) is 2. The van der Waals surface area contributed by atoms with Crippen molar-refractivity contribution in [2.75, 3.05) is 6.54 Å². The Hall–Kier alpha value is -1.81. The summed E-state index contributed by atoms with van der Waals surface area (Å²) in [4.78, 5) is 8.59. The fourth-order valence-electron chi connectivity index (χ4n) is 1.84. The summed E-state index contributed by atoms with van der Waals surface area (Å²) in [6.45, 7) is 4.67. The maximum Gasteiger partial charge on any atom is 0.123 e. The molecule has 2 rings (SSSR count). The van der Waals surface area contributed by atoms with E-state index in [1.807, 2.05) is 19.9 Å². The quantitative estimate of drug-likeness (QED) is 0.899. The molecule has 1 atom stereocenters. The van der Waals surface area contributed by atoms with Gasteiger partial charge in [-0.3, -0.25) is 9.97 Å². The van der Waals surface area contributed by atoms with Crippen LogP contribution in [-0.2, 0) is 0 Å². The lowest BCUT2D eigenvalue weighted by atomic mass is 10.0. The van der Waals surface area contributed by atoms with E-state index in [-0.39, 0.29) is 11.9 Å². The van der Waals surface area contributed by atoms with Crippen molar-refractivity contribution in [2.45, 2.75) is 19.9 Å². The molecule has 0 spiro atoms. The highest BCUT2D eigenvalue weighted by atomic mass is 19.1. The monoisotopic (exact) mass is 245 g/mol. The molecule has 2 aromatic rings. The van der Waals surface area contributed by atoms with Crippen LogP contribution in [0.1, 0.15) is 29.9 Å². The number of rotatable bonds is 4. The van der Waals surface area contributed by atoms with E-state index in [4.69, 9.17) is 0 Å². The molecule has 0 saturated carbocycles. The van der Waals surface area contributed by atoms with Gasteiger partial charge in [-0.15, -0.1) is 0 Å². The molecular weight excluding hydrogens is 229 g/mol. The normalized spacial score (nSPS) is 12.4. The molecule has 1 aromatic carbocycles. The van der Waals surface area contributed by atoms with Gasteiger partial charge < -0.3 is 5.32 Å². The molecule has 0 aliphatic carbocycles. The summed E-state index contributed by atoms with van der Waals surface area (Å²) in [6.07, 6.45) is 3.45. The number of aromatic nitrogens is 2. The lowest BCUT2D eigenvalue weighted by Crippen LogP contribution is -2.23. The van der Waals surface area contributed by atoms with E-state index < -0.39 is 0 Å². The molecular formula is C14H16FN3. The van der Waals surface area contributed by atoms with Gasteiger partial charge in [-0.1, -0.05) is 19.1 Å². The van der Waals surface area contributed by atoms with Gasteiger partial charge in [0.1, 0.15) is 5.82 Å². The van der Waals surface area contributed by atoms with Gasteiger partial charge in [-0.2, -0.15) is 0 Å². The summed E-state index contributed by atoms with van der Waals surface area (Å²) in [6, 6.07) is 6.43. The van der Waals surface area contributed by atoms with Crippen LogP contribution < -0.4 is 5.32 Å². The fourth-order valence-corrected chi connectivity index (χ4v) is 1.84. The van der Waals surface area contributed by atoms with E-state index in [1.165, 1.54) is 12.1 Å². The van der Waals surface area contributed by atoms with Gasteiger partial charge in [-0.25, -0.2) is 4.39 Å². The third kappa shape index (κ3) is 2.90. The molecule has 94 valence electrons. The Balaban J connectivity index is 2.36. The second-order valence-electron chi connectivity index (χ2n) is 4.13. The minimum absolute atomic E-state index is 0.126. The Kier molecular flexibility index (Phi) is 3.99. The molecule has 18 heavy (non-hydrogen) atoms. The molecule has 0 aliphatic rings. The van der Waals surface area contributed by atoms with Crippen LogP contribution in [0.25, 0.3) is 0 Å². The van der Waals surface area contributed by atoms with Gasteiger partial charge >= 0.3 is 0 Å². The van der Waals surface area contributed by atoms with Gasteiger partial charge in [0.05, 0.1) is 23.6 Å². The molecule has 1 N–H and O–H groups in total. The van der Waals surface area contributed by atoms with Crippen LogP contribution in [0.4, 0.5) is 4.39 Å². The molecule has 0 saturated heterocycles. The minimum atomic E-state index is -0.240. The summed E-state index contributed by atoms with van der Waals surface area (Å²) in [5.41, 5.74) is 2.52. The zero-order valence-electron chi connectivity index (χ0n) is 10.5. The molecule has 4 heteroatoms. The van der Waals surface area contributed by atoms with E-state index in [2.05, 4.69) is 15.3 Å². The lowest BCUT2D eigenvalue weighted by Gasteiger charge is -2.17. The highest BCUT2D eigenvalue weighted by Gasteiger charge is 2.15. The van der Waals surface area contributed by atoms with Crippen molar-refractivity contribution >= 4 is 0 Å². The molecule has 1 unspecified atom stereocenters. The van der Waals surface area contributed by atoms with Gasteiger partial charge in [0.25, 0.3) is 0 Å². The highest BCUT2D eigenvalue weighted by molar-refractivity contribution is 5.27. The molecule has 0 fully saturated rings. The minimum Gasteiger partial charge on any atom is -0.305 e. The largest absolute Gasteiger partial charge is 0.305 e. The average molecular weight is 245 g/mol. The van der Waals surface area contributed by atoms with Crippen molar-refractivity contribution < 1.29 is 4.39 Å². The maximum atomic E-state index is 13.3. The van der Waals surface area contributed by atoms with Crippen molar-refractivity contribution in [1.29, 1.82) is 0 Å². The van der Waals surface area contributed by atoms with Gasteiger partial charge in [0, 0.05) is 6.20 Å². The van der Waals surface area contributed by atoms with Crippen LogP contribution >= 0.6 is 0 Å². The highest BCUT2D eigenvalue weighted by Crippen LogP contribution is 2.20. The molecule has 0 amide bonds. The summed E-state index contributed by atoms with van der Waals surface area (Å²) in [7, 11) is 0. The fraction of sp³-hybridized carbons (Fsp3) is 0.286.